The van der Waals surface area contributed by atoms with Gasteiger partial charge in [-0.3, -0.25) is 0 Å². The van der Waals surface area contributed by atoms with Gasteiger partial charge in [-0.05, 0) is 0 Å². The Balaban J connectivity index is 2.13. The zero-order valence-corrected chi connectivity index (χ0v) is 21.1. The number of hydrogen-bond donors (Lipinski definition) is 0. The van der Waals surface area contributed by atoms with Crippen molar-refractivity contribution in [3.05, 3.63) is 71.8 Å². The second-order valence-electron chi connectivity index (χ2n) is 8.55. The molecule has 0 saturated carbocycles. The Morgan fingerprint density at radius 1 is 0.615 bits per heavy atom. The molecule has 0 N–H and O–H groups in total. The van der Waals surface area contributed by atoms with Gasteiger partial charge in [-0.2, -0.15) is 0 Å². The summed E-state index contributed by atoms with van der Waals surface area (Å²) in [6, 6.07) is 21.1. The molecule has 1 heterocycles. The standard InChI is InChI=1S/C14H10N2.C6H18NSi2.Sb/c15-13(11-7-3-1-4-8-11)14(16)12-9-5-2-6-10-12;1-8(2,3)7-9(4,5)6;/h1-10H;1-6H3;/q-2;-1;+3. The molecule has 3 nitrogen and oxygen atoms in total. The van der Waals surface area contributed by atoms with Gasteiger partial charge in [-0.1, -0.05) is 0 Å². The van der Waals surface area contributed by atoms with E-state index in [0.717, 1.165) is 11.4 Å². The minimum absolute atomic E-state index is 1.10. The molecule has 0 aliphatic carbocycles. The van der Waals surface area contributed by atoms with Crippen LogP contribution in [0.4, 0.5) is 0 Å². The normalized spacial score (nSPS) is 16.0. The Morgan fingerprint density at radius 2 is 0.962 bits per heavy atom. The average molecular weight is 488 g/mol. The molecule has 0 amide bonds. The van der Waals surface area contributed by atoms with Crippen molar-refractivity contribution in [1.29, 1.82) is 0 Å². The van der Waals surface area contributed by atoms with E-state index in [1.165, 1.54) is 11.1 Å². The van der Waals surface area contributed by atoms with Gasteiger partial charge < -0.3 is 0 Å². The predicted molar refractivity (Wildman–Crippen MR) is 120 cm³/mol. The first kappa shape index (κ1) is 19.7. The zero-order chi connectivity index (χ0) is 18.9. The van der Waals surface area contributed by atoms with Gasteiger partial charge in [-0.25, -0.2) is 0 Å². The van der Waals surface area contributed by atoms with Crippen molar-refractivity contribution in [3.8, 4) is 0 Å². The molecule has 0 aromatic heterocycles. The van der Waals surface area contributed by atoms with Gasteiger partial charge in [0, 0.05) is 0 Å². The molecule has 0 bridgehead atoms. The van der Waals surface area contributed by atoms with Gasteiger partial charge in [0.2, 0.25) is 0 Å². The zero-order valence-electron chi connectivity index (χ0n) is 16.6. The van der Waals surface area contributed by atoms with Crippen LogP contribution < -0.4 is 0 Å². The summed E-state index contributed by atoms with van der Waals surface area (Å²) in [5.41, 5.74) is 4.57. The molecule has 0 radical (unpaired) electrons. The van der Waals surface area contributed by atoms with Gasteiger partial charge >= 0.3 is 169 Å². The van der Waals surface area contributed by atoms with Crippen LogP contribution in [0.5, 0.6) is 0 Å². The Bertz CT molecular complexity index is 752. The third-order valence-electron chi connectivity index (χ3n) is 4.15. The Labute approximate surface area is 168 Å². The Hall–Kier alpha value is -1.01. The molecule has 2 aromatic rings. The summed E-state index contributed by atoms with van der Waals surface area (Å²) in [4.78, 5) is 0. The SMILES string of the molecule is C[Si](C)(C)[N]([Sb]1[N]=C(c2ccccc2)C(c2ccccc2)=[N]1)[Si](C)(C)C. The van der Waals surface area contributed by atoms with Crippen molar-refractivity contribution in [2.24, 2.45) is 6.30 Å². The third-order valence-corrected chi connectivity index (χ3v) is 26.6. The first-order valence-electron chi connectivity index (χ1n) is 9.07. The fourth-order valence-corrected chi connectivity index (χ4v) is 25.9. The van der Waals surface area contributed by atoms with E-state index in [9.17, 15) is 0 Å². The summed E-state index contributed by atoms with van der Waals surface area (Å²) in [7, 11) is -2.97. The summed E-state index contributed by atoms with van der Waals surface area (Å²) in [5, 5.41) is 0. The van der Waals surface area contributed by atoms with E-state index in [-0.39, 0.29) is 0 Å². The number of hydrogen-bond acceptors (Lipinski definition) is 3. The van der Waals surface area contributed by atoms with E-state index in [1.807, 2.05) is 0 Å². The first-order chi connectivity index (χ1) is 12.2. The number of nitrogens with zero attached hydrogens (tertiary/aromatic N) is 3. The van der Waals surface area contributed by atoms with Gasteiger partial charge in [-0.15, -0.1) is 0 Å². The van der Waals surface area contributed by atoms with Crippen LogP contribution >= 0.6 is 0 Å². The van der Waals surface area contributed by atoms with Gasteiger partial charge in [0.05, 0.1) is 0 Å². The van der Waals surface area contributed by atoms with Gasteiger partial charge in [0.25, 0.3) is 0 Å². The number of benzene rings is 2. The molecular formula is C20H28N3SbSi2. The molecule has 3 rings (SSSR count). The second kappa shape index (κ2) is 7.55. The Kier molecular flexibility index (Phi) is 5.73. The van der Waals surface area contributed by atoms with Crippen LogP contribution in [0.2, 0.25) is 39.3 Å². The van der Waals surface area contributed by atoms with Crippen molar-refractivity contribution in [1.82, 2.24) is 2.39 Å². The fourth-order valence-electron chi connectivity index (χ4n) is 3.51. The van der Waals surface area contributed by atoms with E-state index in [1.54, 1.807) is 0 Å². The third kappa shape index (κ3) is 4.28. The quantitative estimate of drug-likeness (QED) is 0.549. The van der Waals surface area contributed by atoms with Crippen LogP contribution in [-0.2, 0) is 0 Å². The van der Waals surface area contributed by atoms with Crippen LogP contribution in [0, 0.1) is 0 Å². The van der Waals surface area contributed by atoms with E-state index in [2.05, 4.69) is 102 Å². The van der Waals surface area contributed by atoms with Crippen molar-refractivity contribution >= 4 is 48.9 Å². The maximum atomic E-state index is 5.34. The van der Waals surface area contributed by atoms with E-state index in [0.29, 0.717) is 0 Å². The molecular weight excluding hydrogens is 460 g/mol. The van der Waals surface area contributed by atoms with E-state index < -0.39 is 37.5 Å². The topological polar surface area (TPSA) is 28.0 Å². The molecule has 0 spiro atoms. The molecule has 0 saturated heterocycles. The monoisotopic (exact) mass is 487 g/mol. The van der Waals surface area contributed by atoms with E-state index in [4.69, 9.17) is 6.30 Å². The summed E-state index contributed by atoms with van der Waals surface area (Å²) in [6.07, 6.45) is 0. The van der Waals surface area contributed by atoms with Crippen LogP contribution in [0.3, 0.4) is 0 Å². The molecule has 26 heavy (non-hydrogen) atoms. The maximum absolute atomic E-state index is 5.34. The average Bonchev–Trinajstić information content (AvgIpc) is 2.98. The van der Waals surface area contributed by atoms with Gasteiger partial charge in [0.1, 0.15) is 0 Å². The van der Waals surface area contributed by atoms with Crippen LogP contribution in [-0.4, -0.2) is 51.3 Å². The van der Waals surface area contributed by atoms with Crippen molar-refractivity contribution < 1.29 is 0 Å². The van der Waals surface area contributed by atoms with Crippen LogP contribution in [0.25, 0.3) is 0 Å². The minimum atomic E-state index is -2.30. The predicted octanol–water partition coefficient (Wildman–Crippen LogP) is 4.94. The summed E-state index contributed by atoms with van der Waals surface area (Å²) in [6.45, 7) is 14.7. The van der Waals surface area contributed by atoms with E-state index >= 15 is 0 Å². The molecule has 0 fully saturated rings. The van der Waals surface area contributed by atoms with Crippen molar-refractivity contribution in [2.75, 3.05) is 0 Å². The molecule has 1 aliphatic rings. The fraction of sp³-hybridized carbons (Fsp3) is 0.300. The summed E-state index contributed by atoms with van der Waals surface area (Å²) in [5.74, 6) is 0. The second-order valence-corrected chi connectivity index (χ2v) is 24.6. The molecule has 136 valence electrons. The van der Waals surface area contributed by atoms with Crippen molar-refractivity contribution in [2.45, 2.75) is 39.3 Å². The molecule has 1 aliphatic heterocycles. The summed E-state index contributed by atoms with van der Waals surface area (Å²) < 4.78 is 13.5. The molecule has 6 heteroatoms. The van der Waals surface area contributed by atoms with Gasteiger partial charge in [0.15, 0.2) is 0 Å². The number of rotatable bonds is 5. The Morgan fingerprint density at radius 3 is 1.27 bits per heavy atom. The van der Waals surface area contributed by atoms with Crippen LogP contribution in [0.15, 0.2) is 67.0 Å². The first-order valence-corrected chi connectivity index (χ1v) is 19.4. The molecule has 2 aromatic carbocycles. The summed E-state index contributed by atoms with van der Waals surface area (Å²) >= 11 is -2.30. The molecule has 0 unspecified atom stereocenters. The molecule has 0 atom stereocenters. The van der Waals surface area contributed by atoms with Crippen LogP contribution in [0.1, 0.15) is 11.1 Å². The van der Waals surface area contributed by atoms with Crippen molar-refractivity contribution in [3.63, 3.8) is 0 Å².